The molecule has 0 saturated carbocycles. The topological polar surface area (TPSA) is 35.8 Å². The largest absolute Gasteiger partial charge is 0.287 e. The van der Waals surface area contributed by atoms with E-state index in [2.05, 4.69) is 25.2 Å². The number of nitrogens with one attached hydrogen (secondary N) is 1. The minimum atomic E-state index is 0.0677. The summed E-state index contributed by atoms with van der Waals surface area (Å²) in [6.45, 7) is 4.52. The molecule has 1 heterocycles. The number of thioether (sulfide) groups is 1. The van der Waals surface area contributed by atoms with Crippen molar-refractivity contribution in [3.05, 3.63) is 0 Å². The van der Waals surface area contributed by atoms with Crippen LogP contribution in [0.3, 0.4) is 0 Å². The van der Waals surface area contributed by atoms with Gasteiger partial charge in [-0.1, -0.05) is 78.1 Å². The molecule has 2 nitrogen and oxygen atoms in total. The zero-order chi connectivity index (χ0) is 15.4. The van der Waals surface area contributed by atoms with E-state index in [1.165, 1.54) is 70.6 Å². The highest BCUT2D eigenvalue weighted by molar-refractivity contribution is 8.00. The number of hydrogen-bond acceptors (Lipinski definition) is 3. The van der Waals surface area contributed by atoms with Crippen LogP contribution in [0.5, 0.6) is 0 Å². The van der Waals surface area contributed by atoms with Crippen molar-refractivity contribution >= 4 is 11.8 Å². The van der Waals surface area contributed by atoms with Crippen molar-refractivity contribution in [2.45, 2.75) is 102 Å². The molecule has 0 aromatic heterocycles. The third-order valence-corrected chi connectivity index (χ3v) is 6.29. The number of rotatable bonds is 12. The molecule has 1 aliphatic heterocycles. The van der Waals surface area contributed by atoms with Gasteiger partial charge < -0.3 is 0 Å². The minimum Gasteiger partial charge on any atom is -0.287 e. The van der Waals surface area contributed by atoms with Crippen molar-refractivity contribution in [1.29, 1.82) is 5.26 Å². The van der Waals surface area contributed by atoms with Gasteiger partial charge >= 0.3 is 0 Å². The van der Waals surface area contributed by atoms with Gasteiger partial charge in [-0.3, -0.25) is 5.32 Å². The summed E-state index contributed by atoms with van der Waals surface area (Å²) in [5, 5.41) is 12.6. The molecule has 0 bridgehead atoms. The second-order valence-electron chi connectivity index (χ2n) is 6.42. The third kappa shape index (κ3) is 7.56. The van der Waals surface area contributed by atoms with Gasteiger partial charge in [0.15, 0.2) is 0 Å². The maximum Gasteiger partial charge on any atom is 0.106 e. The normalized spacial score (nSPS) is 25.1. The van der Waals surface area contributed by atoms with E-state index >= 15 is 0 Å². The fourth-order valence-electron chi connectivity index (χ4n) is 3.14. The lowest BCUT2D eigenvalue weighted by Crippen LogP contribution is -2.40. The molecule has 0 spiro atoms. The van der Waals surface area contributed by atoms with Crippen LogP contribution in [0.25, 0.3) is 0 Å². The first kappa shape index (κ1) is 18.8. The molecule has 1 aliphatic rings. The van der Waals surface area contributed by atoms with Crippen LogP contribution < -0.4 is 5.32 Å². The molecule has 122 valence electrons. The standard InChI is InChI=1S/C18H34N2S/c1-3-5-6-7-8-9-10-11-12-13-14-18(4-2)20-17(15-19)16-21-18/h17,20H,3-14,16H2,1-2H3. The molecule has 0 aromatic carbocycles. The number of nitriles is 1. The number of unbranched alkanes of at least 4 members (excludes halogenated alkanes) is 9. The van der Waals surface area contributed by atoms with E-state index in [1.54, 1.807) is 0 Å². The van der Waals surface area contributed by atoms with Crippen LogP contribution >= 0.6 is 11.8 Å². The zero-order valence-corrected chi connectivity index (χ0v) is 14.9. The molecule has 2 atom stereocenters. The van der Waals surface area contributed by atoms with Crippen LogP contribution in [0.2, 0.25) is 0 Å². The van der Waals surface area contributed by atoms with Gasteiger partial charge in [-0.15, -0.1) is 11.8 Å². The maximum absolute atomic E-state index is 9.01. The monoisotopic (exact) mass is 310 g/mol. The van der Waals surface area contributed by atoms with Crippen molar-refractivity contribution in [2.75, 3.05) is 5.75 Å². The highest BCUT2D eigenvalue weighted by Gasteiger charge is 2.36. The van der Waals surface area contributed by atoms with Gasteiger partial charge in [-0.2, -0.15) is 5.26 Å². The third-order valence-electron chi connectivity index (χ3n) is 4.62. The summed E-state index contributed by atoms with van der Waals surface area (Å²) >= 11 is 1.97. The SMILES string of the molecule is CCCCCCCCCCCCC1(CC)NC(C#N)CS1. The Labute approximate surface area is 136 Å². The van der Waals surface area contributed by atoms with Crippen LogP contribution in [-0.4, -0.2) is 16.7 Å². The predicted molar refractivity (Wildman–Crippen MR) is 94.5 cm³/mol. The first-order valence-electron chi connectivity index (χ1n) is 9.07. The molecule has 1 fully saturated rings. The lowest BCUT2D eigenvalue weighted by atomic mass is 10.0. The average molecular weight is 311 g/mol. The second-order valence-corrected chi connectivity index (χ2v) is 7.82. The maximum atomic E-state index is 9.01. The highest BCUT2D eigenvalue weighted by atomic mass is 32.2. The first-order chi connectivity index (χ1) is 10.3. The minimum absolute atomic E-state index is 0.0677. The summed E-state index contributed by atoms with van der Waals surface area (Å²) in [5.41, 5.74) is 0. The summed E-state index contributed by atoms with van der Waals surface area (Å²) in [7, 11) is 0. The van der Waals surface area contributed by atoms with Gasteiger partial charge in [-0.05, 0) is 12.8 Å². The average Bonchev–Trinajstić information content (AvgIpc) is 2.93. The summed E-state index contributed by atoms with van der Waals surface area (Å²) < 4.78 is 0. The fourth-order valence-corrected chi connectivity index (χ4v) is 4.50. The Morgan fingerprint density at radius 2 is 1.57 bits per heavy atom. The molecule has 0 aromatic rings. The van der Waals surface area contributed by atoms with E-state index in [9.17, 15) is 0 Å². The summed E-state index contributed by atoms with van der Waals surface area (Å²) in [6.07, 6.45) is 16.3. The second kappa shape index (κ2) is 11.4. The smallest absolute Gasteiger partial charge is 0.106 e. The van der Waals surface area contributed by atoms with Crippen molar-refractivity contribution in [2.24, 2.45) is 0 Å². The molecule has 0 amide bonds. The lowest BCUT2D eigenvalue weighted by molar-refractivity contribution is 0.409. The summed E-state index contributed by atoms with van der Waals surface area (Å²) in [4.78, 5) is 0.195. The van der Waals surface area contributed by atoms with Crippen LogP contribution in [-0.2, 0) is 0 Å². The van der Waals surface area contributed by atoms with Crippen molar-refractivity contribution in [3.8, 4) is 6.07 Å². The first-order valence-corrected chi connectivity index (χ1v) is 10.1. The lowest BCUT2D eigenvalue weighted by Gasteiger charge is -2.27. The molecule has 1 saturated heterocycles. The Hall–Kier alpha value is -0.200. The molecule has 1 rings (SSSR count). The predicted octanol–water partition coefficient (Wildman–Crippen LogP) is 5.63. The Balaban J connectivity index is 1.97. The summed E-state index contributed by atoms with van der Waals surface area (Å²) in [5.74, 6) is 0.960. The molecule has 1 N–H and O–H groups in total. The van der Waals surface area contributed by atoms with Crippen LogP contribution in [0, 0.1) is 11.3 Å². The zero-order valence-electron chi connectivity index (χ0n) is 14.1. The van der Waals surface area contributed by atoms with Gasteiger partial charge in [0.2, 0.25) is 0 Å². The molecule has 21 heavy (non-hydrogen) atoms. The molecular formula is C18H34N2S. The van der Waals surface area contributed by atoms with Crippen molar-refractivity contribution in [1.82, 2.24) is 5.32 Å². The van der Waals surface area contributed by atoms with Crippen molar-refractivity contribution in [3.63, 3.8) is 0 Å². The van der Waals surface area contributed by atoms with Crippen LogP contribution in [0.4, 0.5) is 0 Å². The summed E-state index contributed by atoms with van der Waals surface area (Å²) in [6, 6.07) is 2.43. The van der Waals surface area contributed by atoms with Gasteiger partial charge in [-0.25, -0.2) is 0 Å². The van der Waals surface area contributed by atoms with Gasteiger partial charge in [0.25, 0.3) is 0 Å². The molecular weight excluding hydrogens is 276 g/mol. The fraction of sp³-hybridized carbons (Fsp3) is 0.944. The van der Waals surface area contributed by atoms with Gasteiger partial charge in [0, 0.05) is 5.75 Å². The number of hydrogen-bond donors (Lipinski definition) is 1. The Morgan fingerprint density at radius 3 is 2.05 bits per heavy atom. The van der Waals surface area contributed by atoms with E-state index in [0.717, 1.165) is 12.2 Å². The van der Waals surface area contributed by atoms with E-state index in [4.69, 9.17) is 5.26 Å². The van der Waals surface area contributed by atoms with Crippen molar-refractivity contribution < 1.29 is 0 Å². The Kier molecular flexibility index (Phi) is 10.2. The highest BCUT2D eigenvalue weighted by Crippen LogP contribution is 2.37. The van der Waals surface area contributed by atoms with Crippen LogP contribution in [0.1, 0.15) is 90.9 Å². The van der Waals surface area contributed by atoms with E-state index < -0.39 is 0 Å². The number of nitrogens with zero attached hydrogens (tertiary/aromatic N) is 1. The molecule has 3 heteroatoms. The van der Waals surface area contributed by atoms with E-state index in [0.29, 0.717) is 0 Å². The molecule has 0 aliphatic carbocycles. The Bertz CT molecular complexity index is 300. The molecule has 2 unspecified atom stereocenters. The molecule has 0 radical (unpaired) electrons. The van der Waals surface area contributed by atoms with Gasteiger partial charge in [0.1, 0.15) is 6.04 Å². The quantitative estimate of drug-likeness (QED) is 0.474. The van der Waals surface area contributed by atoms with E-state index in [1.807, 2.05) is 11.8 Å². The Morgan fingerprint density at radius 1 is 1.00 bits per heavy atom. The van der Waals surface area contributed by atoms with Crippen LogP contribution in [0.15, 0.2) is 0 Å². The van der Waals surface area contributed by atoms with E-state index in [-0.39, 0.29) is 10.9 Å². The van der Waals surface area contributed by atoms with Gasteiger partial charge in [0.05, 0.1) is 10.9 Å².